The standard InChI is InChI=1S/C23H41N3O8/c1-21(2,3)32-18(29)11-10-14(19(30)33-22(4,5)6)25-16(27)12-15(26-17(28)13-24)20(31)34-23(7,8)9/h14-15H,10-13,24H2,1-9H3,(H,25,27)(H,26,28)/t14-,15-/m0/s1. The first-order valence-corrected chi connectivity index (χ1v) is 11.2. The van der Waals surface area contributed by atoms with E-state index < -0.39 is 71.6 Å². The quantitative estimate of drug-likeness (QED) is 0.302. The number of ether oxygens (including phenoxy) is 3. The van der Waals surface area contributed by atoms with E-state index in [4.69, 9.17) is 19.9 Å². The highest BCUT2D eigenvalue weighted by Crippen LogP contribution is 2.14. The van der Waals surface area contributed by atoms with Crippen LogP contribution in [0.15, 0.2) is 0 Å². The van der Waals surface area contributed by atoms with Crippen LogP contribution in [0.4, 0.5) is 0 Å². The van der Waals surface area contributed by atoms with Crippen molar-refractivity contribution in [3.8, 4) is 0 Å². The number of carbonyl (C=O) groups excluding carboxylic acids is 5. The zero-order valence-electron chi connectivity index (χ0n) is 21.8. The summed E-state index contributed by atoms with van der Waals surface area (Å²) in [5, 5.41) is 4.83. The van der Waals surface area contributed by atoms with Gasteiger partial charge in [-0.3, -0.25) is 14.4 Å². The monoisotopic (exact) mass is 487 g/mol. The van der Waals surface area contributed by atoms with Gasteiger partial charge < -0.3 is 30.6 Å². The maximum Gasteiger partial charge on any atom is 0.329 e. The third kappa shape index (κ3) is 15.2. The van der Waals surface area contributed by atoms with Gasteiger partial charge in [0.05, 0.1) is 13.0 Å². The molecule has 0 rings (SSSR count). The molecule has 4 N–H and O–H groups in total. The molecule has 0 heterocycles. The number of hydrogen-bond donors (Lipinski definition) is 3. The molecule has 0 aromatic heterocycles. The van der Waals surface area contributed by atoms with Crippen molar-refractivity contribution in [1.29, 1.82) is 0 Å². The Bertz CT molecular complexity index is 745. The van der Waals surface area contributed by atoms with Gasteiger partial charge in [0.1, 0.15) is 28.9 Å². The van der Waals surface area contributed by atoms with E-state index in [1.54, 1.807) is 62.3 Å². The van der Waals surface area contributed by atoms with Crippen molar-refractivity contribution in [2.75, 3.05) is 6.54 Å². The number of rotatable bonds is 10. The minimum atomic E-state index is -1.32. The molecule has 2 amide bonds. The molecule has 0 aromatic carbocycles. The lowest BCUT2D eigenvalue weighted by atomic mass is 10.1. The molecular formula is C23H41N3O8. The van der Waals surface area contributed by atoms with Crippen LogP contribution < -0.4 is 16.4 Å². The molecule has 0 aliphatic heterocycles. The van der Waals surface area contributed by atoms with E-state index in [0.29, 0.717) is 0 Å². The fourth-order valence-electron chi connectivity index (χ4n) is 2.53. The summed E-state index contributed by atoms with van der Waals surface area (Å²) in [6.45, 7) is 14.7. The first kappa shape index (κ1) is 31.3. The Morgan fingerprint density at radius 3 is 1.50 bits per heavy atom. The normalized spacial score (nSPS) is 13.8. The molecule has 0 aliphatic carbocycles. The van der Waals surface area contributed by atoms with Crippen LogP contribution in [0.1, 0.15) is 81.6 Å². The van der Waals surface area contributed by atoms with Crippen LogP contribution in [0.3, 0.4) is 0 Å². The minimum absolute atomic E-state index is 0.0815. The molecule has 0 spiro atoms. The molecule has 34 heavy (non-hydrogen) atoms. The molecule has 0 aromatic rings. The lowest BCUT2D eigenvalue weighted by molar-refractivity contribution is -0.160. The molecule has 0 radical (unpaired) electrons. The Labute approximate surface area is 201 Å². The summed E-state index contributed by atoms with van der Waals surface area (Å²) in [5.41, 5.74) is 2.91. The molecule has 11 nitrogen and oxygen atoms in total. The summed E-state index contributed by atoms with van der Waals surface area (Å²) in [4.78, 5) is 61.7. The van der Waals surface area contributed by atoms with E-state index >= 15 is 0 Å². The van der Waals surface area contributed by atoms with Crippen LogP contribution >= 0.6 is 0 Å². The predicted octanol–water partition coefficient (Wildman–Crippen LogP) is 1.11. The number of nitrogens with one attached hydrogen (secondary N) is 2. The smallest absolute Gasteiger partial charge is 0.329 e. The molecule has 0 saturated heterocycles. The van der Waals surface area contributed by atoms with E-state index in [1.807, 2.05) is 0 Å². The SMILES string of the molecule is CC(C)(C)OC(=O)CC[C@H](NC(=O)C[C@H](NC(=O)CN)C(=O)OC(C)(C)C)C(=O)OC(C)(C)C. The van der Waals surface area contributed by atoms with Crippen LogP contribution in [0.2, 0.25) is 0 Å². The highest BCUT2D eigenvalue weighted by molar-refractivity contribution is 5.91. The first-order valence-electron chi connectivity index (χ1n) is 11.2. The molecule has 11 heteroatoms. The molecule has 0 fully saturated rings. The number of esters is 3. The Morgan fingerprint density at radius 1 is 0.676 bits per heavy atom. The van der Waals surface area contributed by atoms with Gasteiger partial charge in [-0.2, -0.15) is 0 Å². The van der Waals surface area contributed by atoms with E-state index in [-0.39, 0.29) is 12.8 Å². The van der Waals surface area contributed by atoms with Gasteiger partial charge in [0, 0.05) is 6.42 Å². The average Bonchev–Trinajstić information content (AvgIpc) is 2.59. The highest BCUT2D eigenvalue weighted by atomic mass is 16.6. The molecule has 2 atom stereocenters. The molecule has 0 aliphatic rings. The minimum Gasteiger partial charge on any atom is -0.460 e. The number of carbonyl (C=O) groups is 5. The lowest BCUT2D eigenvalue weighted by Crippen LogP contribution is -2.50. The fraction of sp³-hybridized carbons (Fsp3) is 0.783. The van der Waals surface area contributed by atoms with Gasteiger partial charge in [-0.1, -0.05) is 0 Å². The van der Waals surface area contributed by atoms with Gasteiger partial charge in [0.2, 0.25) is 11.8 Å². The fourth-order valence-corrected chi connectivity index (χ4v) is 2.53. The second-order valence-electron chi connectivity index (χ2n) is 10.8. The van der Waals surface area contributed by atoms with Crippen molar-refractivity contribution in [3.05, 3.63) is 0 Å². The topological polar surface area (TPSA) is 163 Å². The Balaban J connectivity index is 5.47. The lowest BCUT2D eigenvalue weighted by Gasteiger charge is -2.26. The van der Waals surface area contributed by atoms with Gasteiger partial charge in [0.15, 0.2) is 0 Å². The van der Waals surface area contributed by atoms with Crippen molar-refractivity contribution in [2.24, 2.45) is 5.73 Å². The Hall–Kier alpha value is -2.69. The zero-order chi connectivity index (χ0) is 26.9. The van der Waals surface area contributed by atoms with Crippen molar-refractivity contribution < 1.29 is 38.2 Å². The maximum absolute atomic E-state index is 12.7. The average molecular weight is 488 g/mol. The Morgan fingerprint density at radius 2 is 1.09 bits per heavy atom. The van der Waals surface area contributed by atoms with E-state index in [9.17, 15) is 24.0 Å². The second-order valence-corrected chi connectivity index (χ2v) is 10.8. The van der Waals surface area contributed by atoms with Crippen LogP contribution in [0.5, 0.6) is 0 Å². The maximum atomic E-state index is 12.7. The van der Waals surface area contributed by atoms with Crippen molar-refractivity contribution in [3.63, 3.8) is 0 Å². The van der Waals surface area contributed by atoms with Crippen molar-refractivity contribution in [2.45, 2.75) is 110 Å². The van der Waals surface area contributed by atoms with Gasteiger partial charge in [-0.15, -0.1) is 0 Å². The van der Waals surface area contributed by atoms with Gasteiger partial charge in [-0.05, 0) is 68.7 Å². The molecule has 0 saturated carbocycles. The summed E-state index contributed by atoms with van der Waals surface area (Å²) < 4.78 is 15.9. The second kappa shape index (κ2) is 12.7. The van der Waals surface area contributed by atoms with Crippen LogP contribution in [-0.2, 0) is 38.2 Å². The van der Waals surface area contributed by atoms with E-state index in [0.717, 1.165) is 0 Å². The van der Waals surface area contributed by atoms with Gasteiger partial charge in [-0.25, -0.2) is 9.59 Å². The Kier molecular flexibility index (Phi) is 11.7. The first-order chi connectivity index (χ1) is 15.2. The summed E-state index contributed by atoms with van der Waals surface area (Å²) in [5.74, 6) is -3.50. The molecule has 0 unspecified atom stereocenters. The van der Waals surface area contributed by atoms with E-state index in [2.05, 4.69) is 10.6 Å². The molecule has 0 bridgehead atoms. The number of amides is 2. The summed E-state index contributed by atoms with van der Waals surface area (Å²) in [6.07, 6.45) is -0.741. The van der Waals surface area contributed by atoms with E-state index in [1.165, 1.54) is 0 Å². The predicted molar refractivity (Wildman–Crippen MR) is 124 cm³/mol. The van der Waals surface area contributed by atoms with Crippen molar-refractivity contribution >= 4 is 29.7 Å². The third-order valence-electron chi connectivity index (χ3n) is 3.69. The summed E-state index contributed by atoms with van der Waals surface area (Å²) in [6, 6.07) is -2.50. The summed E-state index contributed by atoms with van der Waals surface area (Å²) >= 11 is 0. The van der Waals surface area contributed by atoms with Crippen molar-refractivity contribution in [1.82, 2.24) is 10.6 Å². The third-order valence-corrected chi connectivity index (χ3v) is 3.69. The summed E-state index contributed by atoms with van der Waals surface area (Å²) in [7, 11) is 0. The number of hydrogen-bond acceptors (Lipinski definition) is 9. The largest absolute Gasteiger partial charge is 0.460 e. The van der Waals surface area contributed by atoms with Crippen LogP contribution in [-0.4, -0.2) is 65.2 Å². The molecular weight excluding hydrogens is 446 g/mol. The zero-order valence-corrected chi connectivity index (χ0v) is 21.8. The highest BCUT2D eigenvalue weighted by Gasteiger charge is 2.32. The van der Waals surface area contributed by atoms with Gasteiger partial charge in [0.25, 0.3) is 0 Å². The van der Waals surface area contributed by atoms with Crippen LogP contribution in [0.25, 0.3) is 0 Å². The number of nitrogens with two attached hydrogens (primary N) is 1. The van der Waals surface area contributed by atoms with Crippen LogP contribution in [0, 0.1) is 0 Å². The van der Waals surface area contributed by atoms with Gasteiger partial charge >= 0.3 is 17.9 Å². The molecule has 196 valence electrons.